The third kappa shape index (κ3) is 3.24. The SMILES string of the molecule is C=CC(=O)OCC1(COC(=O)C=C)OCC[N+]1=O. The Morgan fingerprint density at radius 3 is 2.06 bits per heavy atom. The molecule has 0 N–H and O–H groups in total. The van der Waals surface area contributed by atoms with Crippen molar-refractivity contribution in [1.29, 1.82) is 0 Å². The lowest BCUT2D eigenvalue weighted by molar-refractivity contribution is -0.642. The molecule has 1 aliphatic heterocycles. The van der Waals surface area contributed by atoms with E-state index in [1.165, 1.54) is 0 Å². The first-order chi connectivity index (χ1) is 8.54. The Labute approximate surface area is 104 Å². The second-order valence-corrected chi connectivity index (χ2v) is 3.52. The Bertz CT molecular complexity index is 365. The number of ether oxygens (including phenoxy) is 3. The van der Waals surface area contributed by atoms with E-state index in [4.69, 9.17) is 14.2 Å². The largest absolute Gasteiger partial charge is 0.452 e. The highest BCUT2D eigenvalue weighted by molar-refractivity contribution is 5.81. The lowest BCUT2D eigenvalue weighted by Crippen LogP contribution is -2.47. The van der Waals surface area contributed by atoms with E-state index in [2.05, 4.69) is 13.2 Å². The summed E-state index contributed by atoms with van der Waals surface area (Å²) in [7, 11) is 0. The van der Waals surface area contributed by atoms with Gasteiger partial charge in [0.2, 0.25) is 6.54 Å². The van der Waals surface area contributed by atoms with Gasteiger partial charge in [0.15, 0.2) is 13.2 Å². The first-order valence-electron chi connectivity index (χ1n) is 5.21. The van der Waals surface area contributed by atoms with Gasteiger partial charge in [0, 0.05) is 21.8 Å². The normalized spacial score (nSPS) is 17.0. The molecule has 0 aromatic heterocycles. The number of carbonyl (C=O) groups excluding carboxylic acids is 2. The van der Waals surface area contributed by atoms with Crippen molar-refractivity contribution in [3.8, 4) is 0 Å². The summed E-state index contributed by atoms with van der Waals surface area (Å²) in [4.78, 5) is 33.6. The lowest BCUT2D eigenvalue weighted by atomic mass is 10.2. The third-order valence-electron chi connectivity index (χ3n) is 2.33. The number of esters is 2. The van der Waals surface area contributed by atoms with Crippen LogP contribution in [0, 0.1) is 4.91 Å². The van der Waals surface area contributed by atoms with Gasteiger partial charge < -0.3 is 14.2 Å². The van der Waals surface area contributed by atoms with E-state index in [-0.39, 0.29) is 26.4 Å². The minimum Gasteiger partial charge on any atom is -0.452 e. The van der Waals surface area contributed by atoms with Crippen molar-refractivity contribution in [2.24, 2.45) is 0 Å². The maximum absolute atomic E-state index is 11.7. The molecular weight excluding hydrogens is 242 g/mol. The van der Waals surface area contributed by atoms with Crippen molar-refractivity contribution in [3.05, 3.63) is 30.2 Å². The van der Waals surface area contributed by atoms with Crippen LogP contribution in [0.25, 0.3) is 0 Å². The molecule has 1 saturated heterocycles. The van der Waals surface area contributed by atoms with E-state index >= 15 is 0 Å². The molecule has 1 heterocycles. The standard InChI is InChI=1S/C11H14NO6/c1-3-9(13)16-7-11(8-17-10(14)4-2)12(15)5-6-18-11/h3-4H,1-2,5-8H2/q+1. The summed E-state index contributed by atoms with van der Waals surface area (Å²) in [5.74, 6) is -1.37. The second kappa shape index (κ2) is 6.06. The highest BCUT2D eigenvalue weighted by atomic mass is 16.6. The highest BCUT2D eigenvalue weighted by Gasteiger charge is 2.54. The molecule has 1 rings (SSSR count). The molecule has 7 heteroatoms. The molecule has 18 heavy (non-hydrogen) atoms. The molecule has 0 unspecified atom stereocenters. The van der Waals surface area contributed by atoms with Crippen LogP contribution in [-0.4, -0.2) is 48.8 Å². The van der Waals surface area contributed by atoms with Gasteiger partial charge in [-0.05, 0) is 0 Å². The first-order valence-corrected chi connectivity index (χ1v) is 5.21. The lowest BCUT2D eigenvalue weighted by Gasteiger charge is -2.18. The maximum atomic E-state index is 11.7. The number of nitrogens with zero attached hydrogens (tertiary/aromatic N) is 1. The van der Waals surface area contributed by atoms with Crippen LogP contribution in [0.5, 0.6) is 0 Å². The topological polar surface area (TPSA) is 81.9 Å². The molecule has 0 radical (unpaired) electrons. The average Bonchev–Trinajstić information content (AvgIpc) is 2.75. The minimum atomic E-state index is -1.49. The van der Waals surface area contributed by atoms with E-state index in [0.29, 0.717) is 4.76 Å². The molecule has 0 amide bonds. The Kier molecular flexibility index (Phi) is 4.73. The number of nitroso groups, excluding NO2 is 1. The van der Waals surface area contributed by atoms with Crippen molar-refractivity contribution in [3.63, 3.8) is 0 Å². The molecule has 7 nitrogen and oxygen atoms in total. The molecule has 0 saturated carbocycles. The molecule has 1 fully saturated rings. The Morgan fingerprint density at radius 2 is 1.72 bits per heavy atom. The second-order valence-electron chi connectivity index (χ2n) is 3.52. The van der Waals surface area contributed by atoms with Crippen LogP contribution in [0.15, 0.2) is 25.3 Å². The Hall–Kier alpha value is -2.02. The Balaban J connectivity index is 2.67. The minimum absolute atomic E-state index is 0.108. The van der Waals surface area contributed by atoms with Crippen molar-refractivity contribution in [1.82, 2.24) is 0 Å². The van der Waals surface area contributed by atoms with E-state index in [1.807, 2.05) is 0 Å². The fraction of sp³-hybridized carbons (Fsp3) is 0.455. The van der Waals surface area contributed by atoms with E-state index in [1.54, 1.807) is 0 Å². The van der Waals surface area contributed by atoms with Crippen LogP contribution in [-0.2, 0) is 23.8 Å². The molecule has 1 aliphatic rings. The quantitative estimate of drug-likeness (QED) is 0.376. The van der Waals surface area contributed by atoms with E-state index < -0.39 is 17.7 Å². The molecule has 0 aromatic rings. The third-order valence-corrected chi connectivity index (χ3v) is 2.33. The molecular formula is C11H14NO6+. The van der Waals surface area contributed by atoms with Gasteiger partial charge in [0.1, 0.15) is 6.61 Å². The van der Waals surface area contributed by atoms with Crippen molar-refractivity contribution >= 4 is 11.9 Å². The van der Waals surface area contributed by atoms with Crippen LogP contribution < -0.4 is 0 Å². The summed E-state index contributed by atoms with van der Waals surface area (Å²) in [6, 6.07) is 0. The fourth-order valence-electron chi connectivity index (χ4n) is 1.35. The zero-order valence-corrected chi connectivity index (χ0v) is 9.79. The highest BCUT2D eigenvalue weighted by Crippen LogP contribution is 2.20. The molecule has 0 aliphatic carbocycles. The number of rotatable bonds is 6. The van der Waals surface area contributed by atoms with Crippen LogP contribution in [0.4, 0.5) is 0 Å². The van der Waals surface area contributed by atoms with Gasteiger partial charge in [0.05, 0.1) is 0 Å². The van der Waals surface area contributed by atoms with Gasteiger partial charge in [-0.1, -0.05) is 13.2 Å². The molecule has 98 valence electrons. The summed E-state index contributed by atoms with van der Waals surface area (Å²) >= 11 is 0. The maximum Gasteiger partial charge on any atom is 0.382 e. The zero-order valence-electron chi connectivity index (χ0n) is 9.79. The number of hydrogen-bond donors (Lipinski definition) is 0. The summed E-state index contributed by atoms with van der Waals surface area (Å²) < 4.78 is 15.4. The number of hydrogen-bond acceptors (Lipinski definition) is 6. The molecule has 0 aromatic carbocycles. The van der Waals surface area contributed by atoms with Gasteiger partial charge >= 0.3 is 17.7 Å². The fourth-order valence-corrected chi connectivity index (χ4v) is 1.35. The predicted molar refractivity (Wildman–Crippen MR) is 59.5 cm³/mol. The van der Waals surface area contributed by atoms with Gasteiger partial charge in [-0.2, -0.15) is 0 Å². The smallest absolute Gasteiger partial charge is 0.382 e. The van der Waals surface area contributed by atoms with E-state index in [9.17, 15) is 14.5 Å². The number of carbonyl (C=O) groups is 2. The van der Waals surface area contributed by atoms with Crippen LogP contribution >= 0.6 is 0 Å². The molecule has 0 atom stereocenters. The summed E-state index contributed by atoms with van der Waals surface area (Å²) in [6.45, 7) is 6.05. The van der Waals surface area contributed by atoms with Crippen LogP contribution in [0.3, 0.4) is 0 Å². The van der Waals surface area contributed by atoms with E-state index in [0.717, 1.165) is 12.2 Å². The molecule has 0 spiro atoms. The van der Waals surface area contributed by atoms with Gasteiger partial charge in [-0.25, -0.2) is 9.59 Å². The summed E-state index contributed by atoms with van der Waals surface area (Å²) in [6.07, 6.45) is 1.93. The average molecular weight is 256 g/mol. The van der Waals surface area contributed by atoms with Crippen molar-refractivity contribution in [2.75, 3.05) is 26.4 Å². The zero-order chi connectivity index (χ0) is 13.6. The van der Waals surface area contributed by atoms with Crippen molar-refractivity contribution < 1.29 is 28.6 Å². The van der Waals surface area contributed by atoms with Crippen molar-refractivity contribution in [2.45, 2.75) is 5.72 Å². The van der Waals surface area contributed by atoms with Gasteiger partial charge in [-0.3, -0.25) is 0 Å². The van der Waals surface area contributed by atoms with Crippen LogP contribution in [0.1, 0.15) is 0 Å². The monoisotopic (exact) mass is 256 g/mol. The summed E-state index contributed by atoms with van der Waals surface area (Å²) in [5, 5.41) is 0. The molecule has 0 bridgehead atoms. The van der Waals surface area contributed by atoms with Gasteiger partial charge in [0.25, 0.3) is 0 Å². The summed E-state index contributed by atoms with van der Waals surface area (Å²) in [5.41, 5.74) is -1.49. The Morgan fingerprint density at radius 1 is 1.22 bits per heavy atom. The van der Waals surface area contributed by atoms with Crippen LogP contribution in [0.2, 0.25) is 0 Å². The predicted octanol–water partition coefficient (Wildman–Crippen LogP) is -0.0498. The van der Waals surface area contributed by atoms with Gasteiger partial charge in [-0.15, -0.1) is 0 Å². The first kappa shape index (κ1) is 14.0.